The van der Waals surface area contributed by atoms with Gasteiger partial charge in [-0.15, -0.1) is 11.3 Å². The number of rotatable bonds is 7. The standard InChI is InChI=1S/C18H18BrNO4S/c1-12(16-4-3-9-25-16)20-17(21)11-24-18(22)8-5-13-10-14(19)6-7-15(13)23-2/h3-10,12H,11H2,1-2H3,(H,20,21)/b8-5+. The molecule has 0 bridgehead atoms. The average molecular weight is 424 g/mol. The molecule has 1 aromatic carbocycles. The molecule has 1 N–H and O–H groups in total. The number of hydrogen-bond acceptors (Lipinski definition) is 5. The van der Waals surface area contributed by atoms with E-state index in [0.717, 1.165) is 14.9 Å². The monoisotopic (exact) mass is 423 g/mol. The smallest absolute Gasteiger partial charge is 0.331 e. The van der Waals surface area contributed by atoms with Gasteiger partial charge < -0.3 is 14.8 Å². The minimum Gasteiger partial charge on any atom is -0.496 e. The van der Waals surface area contributed by atoms with Gasteiger partial charge in [-0.3, -0.25) is 4.79 Å². The number of esters is 1. The first kappa shape index (κ1) is 19.2. The van der Waals surface area contributed by atoms with Crippen molar-refractivity contribution in [2.45, 2.75) is 13.0 Å². The molecular weight excluding hydrogens is 406 g/mol. The first-order chi connectivity index (χ1) is 12.0. The van der Waals surface area contributed by atoms with Crippen molar-refractivity contribution in [2.24, 2.45) is 0 Å². The van der Waals surface area contributed by atoms with E-state index in [0.29, 0.717) is 5.75 Å². The molecule has 132 valence electrons. The first-order valence-corrected chi connectivity index (χ1v) is 9.18. The summed E-state index contributed by atoms with van der Waals surface area (Å²) in [6, 6.07) is 9.19. The molecule has 1 unspecified atom stereocenters. The fourth-order valence-corrected chi connectivity index (χ4v) is 3.18. The molecule has 2 aromatic rings. The second-order valence-electron chi connectivity index (χ2n) is 5.13. The normalized spacial score (nSPS) is 12.0. The molecule has 0 spiro atoms. The van der Waals surface area contributed by atoms with Crippen LogP contribution in [0.4, 0.5) is 0 Å². The van der Waals surface area contributed by atoms with Crippen molar-refractivity contribution in [1.29, 1.82) is 0 Å². The zero-order chi connectivity index (χ0) is 18.2. The number of nitrogens with one attached hydrogen (secondary N) is 1. The van der Waals surface area contributed by atoms with Gasteiger partial charge in [-0.25, -0.2) is 4.79 Å². The van der Waals surface area contributed by atoms with Crippen molar-refractivity contribution < 1.29 is 19.1 Å². The fraction of sp³-hybridized carbons (Fsp3) is 0.222. The highest BCUT2D eigenvalue weighted by Crippen LogP contribution is 2.24. The lowest BCUT2D eigenvalue weighted by molar-refractivity contribution is -0.144. The Morgan fingerprint density at radius 3 is 2.84 bits per heavy atom. The highest BCUT2D eigenvalue weighted by Gasteiger charge is 2.11. The summed E-state index contributed by atoms with van der Waals surface area (Å²) in [5, 5.41) is 4.72. The van der Waals surface area contributed by atoms with Gasteiger partial charge in [-0.05, 0) is 42.6 Å². The van der Waals surface area contributed by atoms with Crippen LogP contribution in [0.2, 0.25) is 0 Å². The molecule has 0 fully saturated rings. The van der Waals surface area contributed by atoms with Crippen LogP contribution < -0.4 is 10.1 Å². The molecule has 7 heteroatoms. The number of halogens is 1. The molecular formula is C18H18BrNO4S. The number of benzene rings is 1. The predicted molar refractivity (Wildman–Crippen MR) is 102 cm³/mol. The summed E-state index contributed by atoms with van der Waals surface area (Å²) < 4.78 is 11.0. The van der Waals surface area contributed by atoms with E-state index in [9.17, 15) is 9.59 Å². The van der Waals surface area contributed by atoms with Gasteiger partial charge in [-0.1, -0.05) is 22.0 Å². The molecule has 0 saturated heterocycles. The Kier molecular flexibility index (Phi) is 7.21. The van der Waals surface area contributed by atoms with Gasteiger partial charge in [0.05, 0.1) is 13.2 Å². The maximum atomic E-state index is 11.8. The lowest BCUT2D eigenvalue weighted by Crippen LogP contribution is -2.30. The van der Waals surface area contributed by atoms with Gasteiger partial charge in [0.2, 0.25) is 0 Å². The van der Waals surface area contributed by atoms with E-state index in [-0.39, 0.29) is 18.6 Å². The Labute approximate surface area is 158 Å². The topological polar surface area (TPSA) is 64.6 Å². The second-order valence-corrected chi connectivity index (χ2v) is 7.03. The molecule has 0 saturated carbocycles. The lowest BCUT2D eigenvalue weighted by atomic mass is 10.2. The van der Waals surface area contributed by atoms with E-state index in [2.05, 4.69) is 21.2 Å². The summed E-state index contributed by atoms with van der Waals surface area (Å²) in [5.41, 5.74) is 0.726. The molecule has 5 nitrogen and oxygen atoms in total. The Balaban J connectivity index is 1.84. The van der Waals surface area contributed by atoms with Crippen LogP contribution >= 0.6 is 27.3 Å². The zero-order valence-corrected chi connectivity index (χ0v) is 16.2. The molecule has 2 rings (SSSR count). The molecule has 25 heavy (non-hydrogen) atoms. The number of amides is 1. The van der Waals surface area contributed by atoms with Crippen molar-refractivity contribution in [2.75, 3.05) is 13.7 Å². The van der Waals surface area contributed by atoms with Gasteiger partial charge in [0.1, 0.15) is 5.75 Å². The minimum atomic E-state index is -0.596. The molecule has 1 atom stereocenters. The van der Waals surface area contributed by atoms with Crippen LogP contribution in [0.1, 0.15) is 23.4 Å². The Hall–Kier alpha value is -2.12. The minimum absolute atomic E-state index is 0.118. The van der Waals surface area contributed by atoms with Crippen molar-refractivity contribution in [1.82, 2.24) is 5.32 Å². The summed E-state index contributed by atoms with van der Waals surface area (Å²) in [6.45, 7) is 1.56. The van der Waals surface area contributed by atoms with Crippen molar-refractivity contribution in [3.05, 3.63) is 56.7 Å². The van der Waals surface area contributed by atoms with Gasteiger partial charge >= 0.3 is 5.97 Å². The van der Waals surface area contributed by atoms with E-state index in [1.54, 1.807) is 30.6 Å². The Morgan fingerprint density at radius 2 is 2.16 bits per heavy atom. The van der Waals surface area contributed by atoms with Crippen LogP contribution in [0.5, 0.6) is 5.75 Å². The van der Waals surface area contributed by atoms with Crippen LogP contribution in [0.3, 0.4) is 0 Å². The summed E-state index contributed by atoms with van der Waals surface area (Å²) in [4.78, 5) is 24.7. The third kappa shape index (κ3) is 6.03. The van der Waals surface area contributed by atoms with Gasteiger partial charge in [0.15, 0.2) is 6.61 Å². The van der Waals surface area contributed by atoms with Crippen LogP contribution in [0, 0.1) is 0 Å². The largest absolute Gasteiger partial charge is 0.496 e. The maximum Gasteiger partial charge on any atom is 0.331 e. The number of thiophene rings is 1. The van der Waals surface area contributed by atoms with E-state index in [1.807, 2.05) is 36.6 Å². The van der Waals surface area contributed by atoms with Crippen LogP contribution in [-0.4, -0.2) is 25.6 Å². The van der Waals surface area contributed by atoms with Crippen molar-refractivity contribution >= 4 is 45.2 Å². The summed E-state index contributed by atoms with van der Waals surface area (Å²) in [7, 11) is 1.55. The van der Waals surface area contributed by atoms with E-state index in [1.165, 1.54) is 6.08 Å². The summed E-state index contributed by atoms with van der Waals surface area (Å²) in [6.07, 6.45) is 2.85. The second kappa shape index (κ2) is 9.39. The predicted octanol–water partition coefficient (Wildman–Crippen LogP) is 3.95. The third-order valence-electron chi connectivity index (χ3n) is 3.28. The number of carbonyl (C=O) groups is 2. The highest BCUT2D eigenvalue weighted by molar-refractivity contribution is 9.10. The fourth-order valence-electron chi connectivity index (χ4n) is 2.07. The molecule has 1 amide bonds. The zero-order valence-electron chi connectivity index (χ0n) is 13.8. The summed E-state index contributed by atoms with van der Waals surface area (Å²) in [5.74, 6) is -0.307. The Morgan fingerprint density at radius 1 is 1.36 bits per heavy atom. The van der Waals surface area contributed by atoms with E-state index >= 15 is 0 Å². The van der Waals surface area contributed by atoms with Crippen molar-refractivity contribution in [3.8, 4) is 5.75 Å². The van der Waals surface area contributed by atoms with E-state index in [4.69, 9.17) is 9.47 Å². The SMILES string of the molecule is COc1ccc(Br)cc1/C=C/C(=O)OCC(=O)NC(C)c1cccs1. The molecule has 1 heterocycles. The van der Waals surface area contributed by atoms with Gasteiger partial charge in [0, 0.05) is 21.0 Å². The van der Waals surface area contributed by atoms with Crippen LogP contribution in [-0.2, 0) is 14.3 Å². The van der Waals surface area contributed by atoms with Gasteiger partial charge in [-0.2, -0.15) is 0 Å². The molecule has 0 aliphatic heterocycles. The molecule has 0 aliphatic rings. The van der Waals surface area contributed by atoms with Gasteiger partial charge in [0.25, 0.3) is 5.91 Å². The lowest BCUT2D eigenvalue weighted by Gasteiger charge is -2.11. The average Bonchev–Trinajstić information content (AvgIpc) is 3.13. The summed E-state index contributed by atoms with van der Waals surface area (Å²) >= 11 is 4.92. The number of methoxy groups -OCH3 is 1. The van der Waals surface area contributed by atoms with Crippen LogP contribution in [0.15, 0.2) is 46.3 Å². The maximum absolute atomic E-state index is 11.8. The third-order valence-corrected chi connectivity index (χ3v) is 4.83. The van der Waals surface area contributed by atoms with Crippen LogP contribution in [0.25, 0.3) is 6.08 Å². The van der Waals surface area contributed by atoms with E-state index < -0.39 is 5.97 Å². The first-order valence-electron chi connectivity index (χ1n) is 7.50. The number of hydrogen-bond donors (Lipinski definition) is 1. The molecule has 0 aliphatic carbocycles. The number of carbonyl (C=O) groups excluding carboxylic acids is 2. The molecule has 0 radical (unpaired) electrons. The quantitative estimate of drug-likeness (QED) is 0.540. The van der Waals surface area contributed by atoms with Crippen molar-refractivity contribution in [3.63, 3.8) is 0 Å². The number of ether oxygens (including phenoxy) is 2. The Bertz CT molecular complexity index is 758. The highest BCUT2D eigenvalue weighted by atomic mass is 79.9. The molecule has 1 aromatic heterocycles.